The Morgan fingerprint density at radius 1 is 0.558 bits per heavy atom. The zero-order chi connectivity index (χ0) is 38.9. The summed E-state index contributed by atoms with van der Waals surface area (Å²) in [4.78, 5) is 0. The smallest absolute Gasteiger partial charge is 0.0639 e. The number of hydrogen-bond acceptors (Lipinski definition) is 2. The van der Waals surface area contributed by atoms with E-state index < -0.39 is 0 Å². The SMILES string of the molecule is CC1=CCC(C/C=C(\C)CO)C(C)(C)C1/C=C/C(C)=C/C=C/C(C)=C/C=C/C=C(C)/C=C/C=C(C)/C=C/C1C(C)=CCC(C/C=C(\C)CO)C1(C)C. The minimum atomic E-state index is 0.144. The predicted octanol–water partition coefficient (Wildman–Crippen LogP) is 13.4. The molecule has 0 saturated heterocycles. The van der Waals surface area contributed by atoms with Crippen LogP contribution in [0, 0.1) is 34.5 Å². The van der Waals surface area contributed by atoms with Crippen molar-refractivity contribution >= 4 is 0 Å². The van der Waals surface area contributed by atoms with E-state index in [4.69, 9.17) is 0 Å². The molecule has 2 nitrogen and oxygen atoms in total. The first-order valence-electron chi connectivity index (χ1n) is 19.5. The van der Waals surface area contributed by atoms with Gasteiger partial charge in [-0.1, -0.05) is 182 Å². The zero-order valence-electron chi connectivity index (χ0n) is 34.8. The number of allylic oxidation sites excluding steroid dienone is 24. The first kappa shape index (κ1) is 44.7. The van der Waals surface area contributed by atoms with E-state index in [0.29, 0.717) is 23.7 Å². The molecule has 2 aliphatic rings. The van der Waals surface area contributed by atoms with Crippen molar-refractivity contribution in [3.05, 3.63) is 154 Å². The van der Waals surface area contributed by atoms with Crippen molar-refractivity contribution < 1.29 is 10.2 Å². The van der Waals surface area contributed by atoms with Crippen LogP contribution in [0.25, 0.3) is 0 Å². The average Bonchev–Trinajstić information content (AvgIpc) is 3.08. The molecule has 0 aliphatic heterocycles. The topological polar surface area (TPSA) is 40.5 Å². The van der Waals surface area contributed by atoms with E-state index in [1.165, 1.54) is 33.4 Å². The number of aliphatic hydroxyl groups excluding tert-OH is 2. The van der Waals surface area contributed by atoms with Gasteiger partial charge in [0.1, 0.15) is 0 Å². The van der Waals surface area contributed by atoms with Crippen LogP contribution in [0.3, 0.4) is 0 Å². The summed E-state index contributed by atoms with van der Waals surface area (Å²) in [6.07, 6.45) is 44.2. The van der Waals surface area contributed by atoms with Gasteiger partial charge in [0.25, 0.3) is 0 Å². The van der Waals surface area contributed by atoms with Crippen molar-refractivity contribution in [3.63, 3.8) is 0 Å². The van der Waals surface area contributed by atoms with Crippen LogP contribution in [0.15, 0.2) is 154 Å². The predicted molar refractivity (Wildman–Crippen MR) is 230 cm³/mol. The molecule has 0 radical (unpaired) electrons. The maximum Gasteiger partial charge on any atom is 0.0639 e. The van der Waals surface area contributed by atoms with Gasteiger partial charge < -0.3 is 10.2 Å². The number of rotatable bonds is 16. The van der Waals surface area contributed by atoms with Gasteiger partial charge in [-0.05, 0) is 104 Å². The molecule has 4 unspecified atom stereocenters. The van der Waals surface area contributed by atoms with E-state index in [1.54, 1.807) is 0 Å². The molecule has 2 rings (SSSR count). The molecule has 0 aromatic carbocycles. The van der Waals surface area contributed by atoms with Crippen LogP contribution in [-0.4, -0.2) is 23.4 Å². The van der Waals surface area contributed by atoms with Gasteiger partial charge in [-0.15, -0.1) is 0 Å². The van der Waals surface area contributed by atoms with Crippen LogP contribution < -0.4 is 0 Å². The van der Waals surface area contributed by atoms with Crippen molar-refractivity contribution in [3.8, 4) is 0 Å². The second kappa shape index (κ2) is 21.9. The van der Waals surface area contributed by atoms with Gasteiger partial charge >= 0.3 is 0 Å². The first-order valence-corrected chi connectivity index (χ1v) is 19.5. The normalized spacial score (nSPS) is 25.7. The third-order valence-electron chi connectivity index (χ3n) is 11.5. The lowest BCUT2D eigenvalue weighted by atomic mass is 9.61. The highest BCUT2D eigenvalue weighted by atomic mass is 16.3. The van der Waals surface area contributed by atoms with Crippen molar-refractivity contribution in [1.82, 2.24) is 0 Å². The van der Waals surface area contributed by atoms with Crippen LogP contribution in [0.2, 0.25) is 0 Å². The Kier molecular flexibility index (Phi) is 18.8. The molecular weight excluding hydrogens is 633 g/mol. The third kappa shape index (κ3) is 14.5. The lowest BCUT2D eigenvalue weighted by Gasteiger charge is -2.43. The second-order valence-electron chi connectivity index (χ2n) is 16.7. The molecule has 0 saturated carbocycles. The summed E-state index contributed by atoms with van der Waals surface area (Å²) in [7, 11) is 0. The van der Waals surface area contributed by atoms with Gasteiger partial charge in [0.05, 0.1) is 13.2 Å². The fourth-order valence-electron chi connectivity index (χ4n) is 7.45. The van der Waals surface area contributed by atoms with Crippen molar-refractivity contribution in [2.75, 3.05) is 13.2 Å². The number of hydrogen-bond donors (Lipinski definition) is 2. The second-order valence-corrected chi connectivity index (χ2v) is 16.7. The van der Waals surface area contributed by atoms with Crippen molar-refractivity contribution in [2.45, 2.75) is 109 Å². The maximum atomic E-state index is 9.41. The summed E-state index contributed by atoms with van der Waals surface area (Å²) in [6, 6.07) is 0. The van der Waals surface area contributed by atoms with Gasteiger partial charge in [-0.2, -0.15) is 0 Å². The van der Waals surface area contributed by atoms with Crippen molar-refractivity contribution in [1.29, 1.82) is 0 Å². The number of aliphatic hydroxyl groups is 2. The molecule has 0 amide bonds. The lowest BCUT2D eigenvalue weighted by molar-refractivity contribution is 0.154. The molecule has 0 heterocycles. The Bertz CT molecular complexity index is 1460. The van der Waals surface area contributed by atoms with E-state index in [1.807, 2.05) is 13.8 Å². The quantitative estimate of drug-likeness (QED) is 0.124. The largest absolute Gasteiger partial charge is 0.392 e. The summed E-state index contributed by atoms with van der Waals surface area (Å²) in [5.74, 6) is 1.94. The van der Waals surface area contributed by atoms with Crippen molar-refractivity contribution in [2.24, 2.45) is 34.5 Å². The summed E-state index contributed by atoms with van der Waals surface area (Å²) >= 11 is 0. The molecule has 0 aromatic heterocycles. The Morgan fingerprint density at radius 3 is 1.23 bits per heavy atom. The van der Waals surface area contributed by atoms with E-state index in [2.05, 4.69) is 179 Å². The first-order chi connectivity index (χ1) is 24.5. The molecule has 0 fully saturated rings. The average molecular weight is 705 g/mol. The molecule has 2 N–H and O–H groups in total. The molecule has 2 heteroatoms. The highest BCUT2D eigenvalue weighted by molar-refractivity contribution is 5.33. The molecule has 0 aromatic rings. The summed E-state index contributed by atoms with van der Waals surface area (Å²) in [6.45, 7) is 27.0. The molecule has 0 spiro atoms. The van der Waals surface area contributed by atoms with Crippen LogP contribution in [-0.2, 0) is 0 Å². The Labute approximate surface area is 319 Å². The van der Waals surface area contributed by atoms with Crippen LogP contribution in [0.4, 0.5) is 0 Å². The van der Waals surface area contributed by atoms with Crippen LogP contribution in [0.1, 0.15) is 109 Å². The fourth-order valence-corrected chi connectivity index (χ4v) is 7.45. The van der Waals surface area contributed by atoms with E-state index in [0.717, 1.165) is 36.8 Å². The Hall–Kier alpha value is -3.46. The maximum absolute atomic E-state index is 9.41. The molecule has 284 valence electrons. The summed E-state index contributed by atoms with van der Waals surface area (Å²) < 4.78 is 0. The Morgan fingerprint density at radius 2 is 0.885 bits per heavy atom. The van der Waals surface area contributed by atoms with E-state index in [-0.39, 0.29) is 24.0 Å². The molecule has 2 aliphatic carbocycles. The van der Waals surface area contributed by atoms with Gasteiger partial charge in [0.2, 0.25) is 0 Å². The molecule has 4 atom stereocenters. The van der Waals surface area contributed by atoms with Gasteiger partial charge in [-0.25, -0.2) is 0 Å². The van der Waals surface area contributed by atoms with E-state index in [9.17, 15) is 10.2 Å². The highest BCUT2D eigenvalue weighted by Gasteiger charge is 2.39. The minimum absolute atomic E-state index is 0.144. The van der Waals surface area contributed by atoms with Crippen LogP contribution >= 0.6 is 0 Å². The Balaban J connectivity index is 1.94. The standard InChI is InChI=1S/C50H72O2/c1-37(19-15-21-39(3)25-33-47-43(7)27-31-45(49(47,9)10)29-23-41(5)35-51)17-13-14-18-38(2)20-16-22-40(4)26-34-48-44(8)28-32-46(50(48,11)12)30-24-42(6)36-52/h13-28,33-34,45-48,51-52H,29-32,35-36H2,1-12H3/b14-13+,19-15+,20-16+,33-25+,34-26+,37-17+,38-18+,39-21+,40-22+,41-23+,42-24+. The van der Waals surface area contributed by atoms with Crippen LogP contribution in [0.5, 0.6) is 0 Å². The van der Waals surface area contributed by atoms with E-state index >= 15 is 0 Å². The van der Waals surface area contributed by atoms with Gasteiger partial charge in [0, 0.05) is 11.8 Å². The lowest BCUT2D eigenvalue weighted by Crippen LogP contribution is -2.35. The zero-order valence-corrected chi connectivity index (χ0v) is 34.8. The van der Waals surface area contributed by atoms with Gasteiger partial charge in [-0.3, -0.25) is 0 Å². The molecule has 0 bridgehead atoms. The third-order valence-corrected chi connectivity index (χ3v) is 11.5. The summed E-state index contributed by atoms with van der Waals surface area (Å²) in [5.41, 5.74) is 10.2. The highest BCUT2D eigenvalue weighted by Crippen LogP contribution is 2.48. The summed E-state index contributed by atoms with van der Waals surface area (Å²) in [5, 5.41) is 18.8. The monoisotopic (exact) mass is 705 g/mol. The molecular formula is C50H72O2. The fraction of sp³-hybridized carbons (Fsp3) is 0.480. The van der Waals surface area contributed by atoms with Gasteiger partial charge in [0.15, 0.2) is 0 Å². The molecule has 52 heavy (non-hydrogen) atoms. The minimum Gasteiger partial charge on any atom is -0.392 e.